The molecule has 138 valence electrons. The van der Waals surface area contributed by atoms with E-state index < -0.39 is 18.2 Å². The lowest BCUT2D eigenvalue weighted by Crippen LogP contribution is -2.55. The molecule has 0 spiro atoms. The molecule has 0 saturated heterocycles. The smallest absolute Gasteiger partial charge is 0.386 e. The van der Waals surface area contributed by atoms with E-state index in [0.29, 0.717) is 0 Å². The number of ether oxygens (including phenoxy) is 3. The Balaban J connectivity index is 2.26. The van der Waals surface area contributed by atoms with Crippen molar-refractivity contribution in [2.24, 2.45) is 0 Å². The summed E-state index contributed by atoms with van der Waals surface area (Å²) in [6, 6.07) is 0. The Bertz CT molecular complexity index is 410. The van der Waals surface area contributed by atoms with Crippen LogP contribution in [0.1, 0.15) is 58.3 Å². The van der Waals surface area contributed by atoms with Crippen molar-refractivity contribution in [3.63, 3.8) is 0 Å². The van der Waals surface area contributed by atoms with E-state index in [9.17, 15) is 4.79 Å². The Morgan fingerprint density at radius 2 is 1.42 bits per heavy atom. The first-order valence-corrected chi connectivity index (χ1v) is 9.59. The van der Waals surface area contributed by atoms with Crippen molar-refractivity contribution in [3.8, 4) is 0 Å². The average Bonchev–Trinajstić information content (AvgIpc) is 3.22. The molecule has 2 aliphatic rings. The Morgan fingerprint density at radius 3 is 1.75 bits per heavy atom. The number of esters is 1. The molecule has 0 amide bonds. The van der Waals surface area contributed by atoms with Gasteiger partial charge in [0.05, 0.1) is 12.2 Å². The highest BCUT2D eigenvalue weighted by molar-refractivity contribution is 9.06. The highest BCUT2D eigenvalue weighted by Gasteiger charge is 2.52. The molecule has 2 aliphatic carbocycles. The van der Waals surface area contributed by atoms with Gasteiger partial charge in [0.25, 0.3) is 6.29 Å². The van der Waals surface area contributed by atoms with E-state index in [4.69, 9.17) is 21.9 Å². The fourth-order valence-electron chi connectivity index (χ4n) is 3.05. The molecule has 0 aromatic carbocycles. The number of halogens is 2. The third-order valence-corrected chi connectivity index (χ3v) is 4.98. The Kier molecular flexibility index (Phi) is 8.16. The molecule has 0 aromatic heterocycles. The third kappa shape index (κ3) is 5.25. The van der Waals surface area contributed by atoms with Gasteiger partial charge in [-0.1, -0.05) is 32.3 Å². The molecule has 0 heterocycles. The molecule has 0 atom stereocenters. The molecule has 8 heteroatoms. The summed E-state index contributed by atoms with van der Waals surface area (Å²) in [6.45, 7) is 5.19. The zero-order valence-electron chi connectivity index (χ0n) is 13.8. The number of hydrogen-bond donors (Lipinski definition) is 0. The van der Waals surface area contributed by atoms with Crippen molar-refractivity contribution in [2.75, 3.05) is 0 Å². The third-order valence-electron chi connectivity index (χ3n) is 4.30. The predicted octanol–water partition coefficient (Wildman–Crippen LogP) is 4.66. The molecule has 2 rings (SSSR count). The SMILES string of the molecule is C=C(C)C(=O)OC(OC1CCCC1)(OC1CCCC1)C(OBr)OBr. The molecule has 6 nitrogen and oxygen atoms in total. The van der Waals surface area contributed by atoms with E-state index in [1.54, 1.807) is 6.92 Å². The summed E-state index contributed by atoms with van der Waals surface area (Å²) in [4.78, 5) is 12.2. The summed E-state index contributed by atoms with van der Waals surface area (Å²) in [7, 11) is 0. The monoisotopic (exact) mass is 470 g/mol. The van der Waals surface area contributed by atoms with Crippen LogP contribution in [0.3, 0.4) is 0 Å². The molecular weight excluding hydrogens is 448 g/mol. The summed E-state index contributed by atoms with van der Waals surface area (Å²) in [5, 5.41) is 0. The number of carbonyl (C=O) groups excluding carboxylic acids is 1. The van der Waals surface area contributed by atoms with Crippen molar-refractivity contribution in [2.45, 2.75) is 82.8 Å². The minimum atomic E-state index is -1.80. The molecule has 0 aliphatic heterocycles. The lowest BCUT2D eigenvalue weighted by Gasteiger charge is -2.39. The minimum Gasteiger partial charge on any atom is -0.400 e. The van der Waals surface area contributed by atoms with Crippen LogP contribution in [0, 0.1) is 0 Å². The van der Waals surface area contributed by atoms with Gasteiger partial charge in [0.1, 0.15) is 32.5 Å². The standard InChI is InChI=1S/C16H24Br2O6/c1-11(2)14(19)22-16(15(23-17)24-18,20-12-7-3-4-8-12)21-13-9-5-6-10-13/h12-13,15H,1,3-10H2,2H3. The molecule has 0 bridgehead atoms. The van der Waals surface area contributed by atoms with Crippen LogP contribution in [0.4, 0.5) is 0 Å². The molecule has 2 fully saturated rings. The largest absolute Gasteiger partial charge is 0.400 e. The first-order chi connectivity index (χ1) is 11.5. The van der Waals surface area contributed by atoms with Gasteiger partial charge in [-0.05, 0) is 32.6 Å². The quantitative estimate of drug-likeness (QED) is 0.277. The Hall–Kier alpha value is 0.01000. The van der Waals surface area contributed by atoms with Crippen LogP contribution in [0.15, 0.2) is 12.2 Å². The van der Waals surface area contributed by atoms with Crippen molar-refractivity contribution < 1.29 is 26.7 Å². The van der Waals surface area contributed by atoms with Crippen LogP contribution in [-0.4, -0.2) is 30.4 Å². The first kappa shape index (κ1) is 20.3. The minimum absolute atomic E-state index is 0.0860. The van der Waals surface area contributed by atoms with E-state index in [1.165, 1.54) is 0 Å². The van der Waals surface area contributed by atoms with Crippen molar-refractivity contribution in [3.05, 3.63) is 12.2 Å². The fourth-order valence-corrected chi connectivity index (χ4v) is 3.87. The van der Waals surface area contributed by atoms with Gasteiger partial charge in [0.2, 0.25) is 0 Å². The fraction of sp³-hybridized carbons (Fsp3) is 0.812. The molecule has 24 heavy (non-hydrogen) atoms. The molecule has 0 unspecified atom stereocenters. The van der Waals surface area contributed by atoms with Crippen molar-refractivity contribution >= 4 is 38.5 Å². The Labute approximate surface area is 160 Å². The predicted molar refractivity (Wildman–Crippen MR) is 94.1 cm³/mol. The van der Waals surface area contributed by atoms with E-state index in [0.717, 1.165) is 51.4 Å². The molecule has 2 saturated carbocycles. The summed E-state index contributed by atoms with van der Waals surface area (Å²) >= 11 is 5.82. The lowest BCUT2D eigenvalue weighted by molar-refractivity contribution is -0.433. The van der Waals surface area contributed by atoms with Gasteiger partial charge in [-0.3, -0.25) is 7.66 Å². The zero-order chi connectivity index (χ0) is 17.6. The summed E-state index contributed by atoms with van der Waals surface area (Å²) in [6.07, 6.45) is 6.43. The van der Waals surface area contributed by atoms with Gasteiger partial charge in [-0.15, -0.1) is 0 Å². The number of carbonyl (C=O) groups is 1. The Morgan fingerprint density at radius 1 is 1.00 bits per heavy atom. The topological polar surface area (TPSA) is 63.2 Å². The molecule has 0 radical (unpaired) electrons. The number of rotatable bonds is 9. The van der Waals surface area contributed by atoms with Crippen LogP contribution in [0.25, 0.3) is 0 Å². The van der Waals surface area contributed by atoms with Crippen LogP contribution in [0.5, 0.6) is 0 Å². The van der Waals surface area contributed by atoms with E-state index in [-0.39, 0.29) is 17.8 Å². The van der Waals surface area contributed by atoms with Crippen LogP contribution in [0.2, 0.25) is 0 Å². The van der Waals surface area contributed by atoms with Gasteiger partial charge < -0.3 is 14.2 Å². The maximum atomic E-state index is 12.2. The lowest BCUT2D eigenvalue weighted by atomic mass is 10.3. The second-order valence-corrected chi connectivity index (χ2v) is 7.08. The van der Waals surface area contributed by atoms with Gasteiger partial charge in [0.15, 0.2) is 0 Å². The summed E-state index contributed by atoms with van der Waals surface area (Å²) in [5.74, 6) is -2.42. The molecule has 0 N–H and O–H groups in total. The van der Waals surface area contributed by atoms with E-state index >= 15 is 0 Å². The summed E-state index contributed by atoms with van der Waals surface area (Å²) in [5.41, 5.74) is 0.243. The van der Waals surface area contributed by atoms with Crippen molar-refractivity contribution in [1.82, 2.24) is 0 Å². The number of hydrogen-bond acceptors (Lipinski definition) is 6. The molecular formula is C16H24Br2O6. The maximum Gasteiger partial charge on any atom is 0.386 e. The van der Waals surface area contributed by atoms with Gasteiger partial charge in [0, 0.05) is 5.57 Å². The molecule has 0 aromatic rings. The van der Waals surface area contributed by atoms with E-state index in [1.807, 2.05) is 0 Å². The van der Waals surface area contributed by atoms with Crippen LogP contribution in [-0.2, 0) is 26.7 Å². The first-order valence-electron chi connectivity index (χ1n) is 8.30. The normalized spacial score (nSPS) is 20.0. The highest BCUT2D eigenvalue weighted by Crippen LogP contribution is 2.37. The average molecular weight is 472 g/mol. The van der Waals surface area contributed by atoms with Gasteiger partial charge >= 0.3 is 11.9 Å². The van der Waals surface area contributed by atoms with Gasteiger partial charge in [-0.2, -0.15) is 0 Å². The highest BCUT2D eigenvalue weighted by atomic mass is 79.9. The van der Waals surface area contributed by atoms with Crippen LogP contribution < -0.4 is 0 Å². The van der Waals surface area contributed by atoms with Crippen molar-refractivity contribution in [1.29, 1.82) is 0 Å². The maximum absolute atomic E-state index is 12.2. The summed E-state index contributed by atoms with van der Waals surface area (Å²) < 4.78 is 28.1. The second kappa shape index (κ2) is 9.64. The van der Waals surface area contributed by atoms with Gasteiger partial charge in [-0.25, -0.2) is 4.79 Å². The van der Waals surface area contributed by atoms with Crippen LogP contribution >= 0.6 is 32.5 Å². The zero-order valence-corrected chi connectivity index (χ0v) is 17.0. The second-order valence-electron chi connectivity index (χ2n) is 6.33. The van der Waals surface area contributed by atoms with E-state index in [2.05, 4.69) is 39.1 Å².